The van der Waals surface area contributed by atoms with E-state index >= 15 is 0 Å². The molecule has 39 heavy (non-hydrogen) atoms. The van der Waals surface area contributed by atoms with Crippen LogP contribution in [0.2, 0.25) is 5.02 Å². The number of benzene rings is 2. The standard InChI is InChI=1S/C27H34ClN5O6/c1-16(2)12-22(26(37)38)29-14-24(35)32(3)20-10-8-18(9-11-20)30-25(36)23-13-21(34)15-33(23)27(39)31-19-6-4-17(28)5-7-19/h4-11,16,21-23,29,34H,12-15H2,1-3H3,(H,30,36)(H,31,39)(H,37,38)/t21-,22-,23?/m1/s1. The Bertz CT molecular complexity index is 1170. The molecule has 1 aliphatic heterocycles. The van der Waals surface area contributed by atoms with E-state index < -0.39 is 36.1 Å². The van der Waals surface area contributed by atoms with Crippen molar-refractivity contribution in [1.82, 2.24) is 10.2 Å². The topological polar surface area (TPSA) is 151 Å². The van der Waals surface area contributed by atoms with E-state index in [0.717, 1.165) is 0 Å². The molecule has 0 aromatic heterocycles. The van der Waals surface area contributed by atoms with Gasteiger partial charge in [-0.25, -0.2) is 4.79 Å². The lowest BCUT2D eigenvalue weighted by Gasteiger charge is -2.24. The SMILES string of the molecule is CC(C)C[C@@H](NCC(=O)N(C)c1ccc(NC(=O)C2C[C@@H](O)CN2C(=O)Nc2ccc(Cl)cc2)cc1)C(=O)O. The second-order valence-corrected chi connectivity index (χ2v) is 10.3. The third kappa shape index (κ3) is 8.41. The minimum Gasteiger partial charge on any atom is -0.480 e. The molecule has 1 unspecified atom stereocenters. The van der Waals surface area contributed by atoms with Gasteiger partial charge in [-0.3, -0.25) is 19.7 Å². The van der Waals surface area contributed by atoms with Crippen molar-refractivity contribution in [3.05, 3.63) is 53.6 Å². The fraction of sp³-hybridized carbons (Fsp3) is 0.407. The monoisotopic (exact) mass is 559 g/mol. The van der Waals surface area contributed by atoms with Crippen LogP contribution in [0.25, 0.3) is 0 Å². The van der Waals surface area contributed by atoms with Gasteiger partial charge in [0.05, 0.1) is 12.6 Å². The Kier molecular flexibility index (Phi) is 10.3. The number of halogens is 1. The van der Waals surface area contributed by atoms with Crippen LogP contribution >= 0.6 is 11.6 Å². The summed E-state index contributed by atoms with van der Waals surface area (Å²) >= 11 is 5.88. The molecule has 3 rings (SSSR count). The summed E-state index contributed by atoms with van der Waals surface area (Å²) in [6, 6.07) is 10.8. The van der Waals surface area contributed by atoms with Gasteiger partial charge < -0.3 is 30.6 Å². The summed E-state index contributed by atoms with van der Waals surface area (Å²) in [5.74, 6) is -1.62. The van der Waals surface area contributed by atoms with Crippen molar-refractivity contribution in [3.63, 3.8) is 0 Å². The molecule has 1 aliphatic rings. The minimum absolute atomic E-state index is 0.0112. The average molecular weight is 560 g/mol. The van der Waals surface area contributed by atoms with Crippen molar-refractivity contribution in [2.24, 2.45) is 5.92 Å². The van der Waals surface area contributed by atoms with Crippen molar-refractivity contribution in [2.45, 2.75) is 44.9 Å². The molecule has 12 heteroatoms. The number of nitrogens with zero attached hydrogens (tertiary/aromatic N) is 2. The molecule has 0 spiro atoms. The number of aliphatic hydroxyl groups is 1. The highest BCUT2D eigenvalue weighted by Gasteiger charge is 2.39. The van der Waals surface area contributed by atoms with Gasteiger partial charge in [-0.1, -0.05) is 25.4 Å². The van der Waals surface area contributed by atoms with E-state index in [4.69, 9.17) is 11.6 Å². The zero-order valence-electron chi connectivity index (χ0n) is 22.1. The fourth-order valence-electron chi connectivity index (χ4n) is 4.23. The molecule has 4 amide bonds. The number of aliphatic hydroxyl groups excluding tert-OH is 1. The summed E-state index contributed by atoms with van der Waals surface area (Å²) in [6.07, 6.45) is -0.344. The zero-order chi connectivity index (χ0) is 28.7. The van der Waals surface area contributed by atoms with Gasteiger partial charge in [-0.2, -0.15) is 0 Å². The van der Waals surface area contributed by atoms with Crippen molar-refractivity contribution in [1.29, 1.82) is 0 Å². The maximum Gasteiger partial charge on any atom is 0.322 e. The molecule has 3 atom stereocenters. The van der Waals surface area contributed by atoms with Gasteiger partial charge in [0.25, 0.3) is 0 Å². The number of rotatable bonds is 10. The molecule has 5 N–H and O–H groups in total. The molecular formula is C27H34ClN5O6. The molecule has 0 aliphatic carbocycles. The number of likely N-dealkylation sites (tertiary alicyclic amines) is 1. The van der Waals surface area contributed by atoms with E-state index in [0.29, 0.717) is 28.5 Å². The van der Waals surface area contributed by atoms with E-state index in [9.17, 15) is 29.4 Å². The smallest absolute Gasteiger partial charge is 0.322 e. The molecule has 0 radical (unpaired) electrons. The highest BCUT2D eigenvalue weighted by molar-refractivity contribution is 6.30. The molecule has 1 fully saturated rings. The molecule has 0 saturated carbocycles. The Morgan fingerprint density at radius 2 is 1.62 bits per heavy atom. The van der Waals surface area contributed by atoms with E-state index in [1.54, 1.807) is 55.6 Å². The summed E-state index contributed by atoms with van der Waals surface area (Å²) in [5, 5.41) is 28.3. The number of urea groups is 1. The number of carbonyl (C=O) groups is 4. The number of amides is 4. The van der Waals surface area contributed by atoms with Crippen LogP contribution in [-0.2, 0) is 14.4 Å². The molecule has 2 aromatic rings. The molecule has 210 valence electrons. The van der Waals surface area contributed by atoms with E-state index in [2.05, 4.69) is 16.0 Å². The maximum absolute atomic E-state index is 13.0. The lowest BCUT2D eigenvalue weighted by atomic mass is 10.0. The normalized spacial score (nSPS) is 17.5. The lowest BCUT2D eigenvalue weighted by molar-refractivity contribution is -0.140. The molecule has 1 saturated heterocycles. The number of carboxylic acid groups (broad SMARTS) is 1. The van der Waals surface area contributed by atoms with E-state index in [1.165, 1.54) is 9.80 Å². The lowest BCUT2D eigenvalue weighted by Crippen LogP contribution is -2.45. The number of anilines is 3. The predicted molar refractivity (Wildman–Crippen MR) is 149 cm³/mol. The predicted octanol–water partition coefficient (Wildman–Crippen LogP) is 3.00. The summed E-state index contributed by atoms with van der Waals surface area (Å²) in [4.78, 5) is 52.5. The quantitative estimate of drug-likeness (QED) is 0.300. The third-order valence-corrected chi connectivity index (χ3v) is 6.59. The zero-order valence-corrected chi connectivity index (χ0v) is 22.8. The maximum atomic E-state index is 13.0. The van der Waals surface area contributed by atoms with Gasteiger partial charge in [-0.05, 0) is 60.9 Å². The number of likely N-dealkylation sites (N-methyl/N-ethyl adjacent to an activating group) is 1. The fourth-order valence-corrected chi connectivity index (χ4v) is 4.35. The number of hydrogen-bond acceptors (Lipinski definition) is 6. The van der Waals surface area contributed by atoms with Crippen molar-refractivity contribution >= 4 is 52.5 Å². The Labute approximate surface area is 232 Å². The number of β-amino-alcohol motifs (C(OH)–C–C–N with tert-alkyl or cyclic N) is 1. The van der Waals surface area contributed by atoms with Gasteiger partial charge in [0.2, 0.25) is 11.8 Å². The van der Waals surface area contributed by atoms with Gasteiger partial charge in [0, 0.05) is 42.1 Å². The Morgan fingerprint density at radius 1 is 1.03 bits per heavy atom. The number of carbonyl (C=O) groups excluding carboxylic acids is 3. The second-order valence-electron chi connectivity index (χ2n) is 9.88. The first-order valence-corrected chi connectivity index (χ1v) is 13.0. The van der Waals surface area contributed by atoms with Crippen molar-refractivity contribution < 1.29 is 29.4 Å². The van der Waals surface area contributed by atoms with E-state index in [-0.39, 0.29) is 31.3 Å². The Morgan fingerprint density at radius 3 is 2.21 bits per heavy atom. The van der Waals surface area contributed by atoms with Crippen LogP contribution in [-0.4, -0.2) is 77.3 Å². The number of nitrogens with one attached hydrogen (secondary N) is 3. The summed E-state index contributed by atoms with van der Waals surface area (Å²) < 4.78 is 0. The summed E-state index contributed by atoms with van der Waals surface area (Å²) in [7, 11) is 1.58. The number of carboxylic acids is 1. The first kappa shape index (κ1) is 29.9. The largest absolute Gasteiger partial charge is 0.480 e. The van der Waals surface area contributed by atoms with E-state index in [1.807, 2.05) is 13.8 Å². The van der Waals surface area contributed by atoms with Crippen molar-refractivity contribution in [3.8, 4) is 0 Å². The van der Waals surface area contributed by atoms with Gasteiger partial charge in [-0.15, -0.1) is 0 Å². The molecule has 1 heterocycles. The first-order chi connectivity index (χ1) is 18.4. The number of aliphatic carboxylic acids is 1. The first-order valence-electron chi connectivity index (χ1n) is 12.6. The van der Waals surface area contributed by atoms with Crippen molar-refractivity contribution in [2.75, 3.05) is 35.7 Å². The molecule has 0 bridgehead atoms. The Hall–Kier alpha value is -3.67. The Balaban J connectivity index is 1.58. The van der Waals surface area contributed by atoms with Crippen LogP contribution < -0.4 is 20.9 Å². The van der Waals surface area contributed by atoms with Gasteiger partial charge in [0.15, 0.2) is 0 Å². The minimum atomic E-state index is -1.00. The summed E-state index contributed by atoms with van der Waals surface area (Å²) in [5.41, 5.74) is 1.51. The average Bonchev–Trinajstić information content (AvgIpc) is 3.29. The molecular weight excluding hydrogens is 526 g/mol. The third-order valence-electron chi connectivity index (χ3n) is 6.34. The van der Waals surface area contributed by atoms with Crippen LogP contribution in [0.4, 0.5) is 21.9 Å². The highest BCUT2D eigenvalue weighted by Crippen LogP contribution is 2.23. The molecule has 11 nitrogen and oxygen atoms in total. The van der Waals surface area contributed by atoms with Gasteiger partial charge in [0.1, 0.15) is 12.1 Å². The van der Waals surface area contributed by atoms with Crippen LogP contribution in [0.3, 0.4) is 0 Å². The summed E-state index contributed by atoms with van der Waals surface area (Å²) in [6.45, 7) is 3.69. The van der Waals surface area contributed by atoms with Crippen LogP contribution in [0.5, 0.6) is 0 Å². The molecule has 2 aromatic carbocycles. The van der Waals surface area contributed by atoms with Crippen LogP contribution in [0.15, 0.2) is 48.5 Å². The second kappa shape index (κ2) is 13.4. The number of hydrogen-bond donors (Lipinski definition) is 5. The highest BCUT2D eigenvalue weighted by atomic mass is 35.5. The van der Waals surface area contributed by atoms with Crippen LogP contribution in [0.1, 0.15) is 26.7 Å². The van der Waals surface area contributed by atoms with Gasteiger partial charge >= 0.3 is 12.0 Å². The van der Waals surface area contributed by atoms with Crippen LogP contribution in [0, 0.1) is 5.92 Å².